The van der Waals surface area contributed by atoms with Crippen LogP contribution in [0.25, 0.3) is 0 Å². The van der Waals surface area contributed by atoms with E-state index in [0.29, 0.717) is 0 Å². The van der Waals surface area contributed by atoms with E-state index in [1.807, 2.05) is 0 Å². The van der Waals surface area contributed by atoms with Gasteiger partial charge in [-0.05, 0) is 34.2 Å². The molecule has 0 aliphatic carbocycles. The molecule has 12 nitrogen and oxygen atoms in total. The summed E-state index contributed by atoms with van der Waals surface area (Å²) in [4.78, 5) is 0. The molecule has 0 aromatic carbocycles. The van der Waals surface area contributed by atoms with Gasteiger partial charge in [0.15, 0.2) is 0 Å². The summed E-state index contributed by atoms with van der Waals surface area (Å²) < 4.78 is 76.0. The average molecular weight is 635 g/mol. The molecular weight excluding hydrogens is 609 g/mol. The van der Waals surface area contributed by atoms with Crippen molar-refractivity contribution in [1.29, 1.82) is 0 Å². The minimum Gasteiger partial charge on any atom is -0.390 e. The highest BCUT2D eigenvalue weighted by atomic mass is 28.6. The summed E-state index contributed by atoms with van der Waals surface area (Å²) in [6, 6.07) is 0. The first kappa shape index (κ1) is 28.2. The average Bonchev–Trinajstić information content (AvgIpc) is 2.96. The van der Waals surface area contributed by atoms with Crippen LogP contribution in [0, 0.1) is 0 Å². The number of fused-ring (bicyclic) bond motifs is 5. The maximum atomic E-state index is 6.52. The summed E-state index contributed by atoms with van der Waals surface area (Å²) in [5, 5.41) is 0. The van der Waals surface area contributed by atoms with Crippen molar-refractivity contribution in [3.8, 4) is 0 Å². The second-order valence-corrected chi connectivity index (χ2v) is 28.4. The van der Waals surface area contributed by atoms with Gasteiger partial charge in [-0.3, -0.25) is 0 Å². The first-order valence-corrected chi connectivity index (χ1v) is 24.5. The van der Waals surface area contributed by atoms with Crippen LogP contribution in [0.1, 0.15) is 0 Å². The van der Waals surface area contributed by atoms with Crippen LogP contribution in [0.5, 0.6) is 0 Å². The fourth-order valence-electron chi connectivity index (χ4n) is 3.34. The Morgan fingerprint density at radius 1 is 0.361 bits per heavy atom. The molecule has 4 aliphatic heterocycles. The third-order valence-electron chi connectivity index (χ3n) is 4.99. The lowest BCUT2D eigenvalue weighted by molar-refractivity contribution is -0.181. The summed E-state index contributed by atoms with van der Waals surface area (Å²) in [5.74, 6) is 0. The topological polar surface area (TPSA) is 111 Å². The molecule has 0 aromatic rings. The summed E-state index contributed by atoms with van der Waals surface area (Å²) in [5.41, 5.74) is 11.1. The molecule has 4 heterocycles. The Morgan fingerprint density at radius 2 is 0.583 bits per heavy atom. The standard InChI is InChI=1S/C16H26O12Si8/c1-9-29-19-33(13-5)23-31(11-3)17-18-32(12-4)25-35(15-7,27-33)21-30(10-2)22-36(16-8,26-32)28-34(14-6,20-29)24-31/h9-16,29-30H,1-8H2. The molecule has 4 saturated heterocycles. The SMILES string of the molecule is C=C[SiH]1O[Si]2(C=C)O[Si]3(C=C)OO[Si]4(C=C)O[Si](C=C)(O[SiH](C=C)O[Si](C=C)(O4)O[Si](C=C)(O1)O3)O2. The summed E-state index contributed by atoms with van der Waals surface area (Å²) in [6.45, 7) is 30.9. The zero-order chi connectivity index (χ0) is 26.3. The molecule has 0 spiro atoms. The van der Waals surface area contributed by atoms with Crippen LogP contribution in [0.15, 0.2) is 98.2 Å². The lowest BCUT2D eigenvalue weighted by atomic mass is 11.3. The quantitative estimate of drug-likeness (QED) is 0.281. The largest absolute Gasteiger partial charge is 0.542 e. The lowest BCUT2D eigenvalue weighted by Crippen LogP contribution is -2.75. The monoisotopic (exact) mass is 634 g/mol. The van der Waals surface area contributed by atoms with E-state index in [0.717, 1.165) is 0 Å². The molecule has 194 valence electrons. The van der Waals surface area contributed by atoms with Gasteiger partial charge in [-0.15, -0.1) is 39.5 Å². The predicted molar refractivity (Wildman–Crippen MR) is 143 cm³/mol. The van der Waals surface area contributed by atoms with Gasteiger partial charge in [-0.1, -0.05) is 24.6 Å². The molecule has 0 N–H and O–H groups in total. The molecule has 4 rings (SSSR count). The van der Waals surface area contributed by atoms with E-state index in [1.165, 1.54) is 45.6 Å². The summed E-state index contributed by atoms with van der Waals surface area (Å²) in [6.07, 6.45) is 0. The lowest BCUT2D eigenvalue weighted by Gasteiger charge is -2.48. The van der Waals surface area contributed by atoms with Crippen LogP contribution in [-0.4, -0.2) is 71.4 Å². The minimum absolute atomic E-state index is 1.31. The molecule has 0 amide bonds. The number of hydrogen-bond donors (Lipinski definition) is 0. The molecular formula is C16H26O12Si8. The van der Waals surface area contributed by atoms with Gasteiger partial charge < -0.3 is 41.2 Å². The van der Waals surface area contributed by atoms with Gasteiger partial charge in [0.2, 0.25) is 0 Å². The first-order chi connectivity index (χ1) is 17.1. The van der Waals surface area contributed by atoms with Gasteiger partial charge in [0.25, 0.3) is 0 Å². The second-order valence-electron chi connectivity index (χ2n) is 7.30. The Kier molecular flexibility index (Phi) is 7.87. The van der Waals surface area contributed by atoms with Crippen molar-refractivity contribution in [2.24, 2.45) is 0 Å². The van der Waals surface area contributed by atoms with Crippen LogP contribution >= 0.6 is 0 Å². The predicted octanol–water partition coefficient (Wildman–Crippen LogP) is 1.03. The zero-order valence-electron chi connectivity index (χ0n) is 19.3. The van der Waals surface area contributed by atoms with E-state index in [9.17, 15) is 0 Å². The highest BCUT2D eigenvalue weighted by molar-refractivity contribution is 7.00. The summed E-state index contributed by atoms with van der Waals surface area (Å²) in [7, 11) is -30.3. The number of hydrogen-bond acceptors (Lipinski definition) is 12. The van der Waals surface area contributed by atoms with Crippen molar-refractivity contribution in [3.63, 3.8) is 0 Å². The Morgan fingerprint density at radius 3 is 0.778 bits per heavy atom. The maximum absolute atomic E-state index is 6.52. The van der Waals surface area contributed by atoms with Gasteiger partial charge >= 0.3 is 71.4 Å². The van der Waals surface area contributed by atoms with Crippen molar-refractivity contribution >= 4 is 71.4 Å². The second kappa shape index (κ2) is 10.1. The van der Waals surface area contributed by atoms with E-state index in [2.05, 4.69) is 52.6 Å². The molecule has 20 heteroatoms. The molecule has 36 heavy (non-hydrogen) atoms. The van der Waals surface area contributed by atoms with Crippen molar-refractivity contribution in [2.75, 3.05) is 0 Å². The van der Waals surface area contributed by atoms with Crippen LogP contribution in [0.2, 0.25) is 0 Å². The van der Waals surface area contributed by atoms with Crippen LogP contribution in [-0.2, 0) is 50.3 Å². The van der Waals surface area contributed by atoms with Crippen molar-refractivity contribution in [3.05, 3.63) is 98.2 Å². The Bertz CT molecular complexity index is 886. The third kappa shape index (κ3) is 4.85. The normalized spacial score (nSPS) is 48.2. The summed E-state index contributed by atoms with van der Waals surface area (Å²) >= 11 is 0. The van der Waals surface area contributed by atoms with Gasteiger partial charge in [-0.2, -0.15) is 0 Å². The maximum Gasteiger partial charge on any atom is 0.542 e. The molecule has 0 aromatic heterocycles. The third-order valence-corrected chi connectivity index (χ3v) is 32.2. The van der Waals surface area contributed by atoms with Gasteiger partial charge in [0.1, 0.15) is 0 Å². The molecule has 4 fully saturated rings. The Hall–Kier alpha value is -0.825. The van der Waals surface area contributed by atoms with E-state index >= 15 is 0 Å². The van der Waals surface area contributed by atoms with E-state index in [-0.39, 0.29) is 0 Å². The highest BCUT2D eigenvalue weighted by Crippen LogP contribution is 2.42. The van der Waals surface area contributed by atoms with Crippen LogP contribution < -0.4 is 0 Å². The van der Waals surface area contributed by atoms with Gasteiger partial charge in [0.05, 0.1) is 0 Å². The fraction of sp³-hybridized carbons (Fsp3) is 0. The fourth-order valence-corrected chi connectivity index (χ4v) is 36.2. The van der Waals surface area contributed by atoms with Gasteiger partial charge in [-0.25, -0.2) is 9.15 Å². The van der Waals surface area contributed by atoms with Crippen molar-refractivity contribution in [1.82, 2.24) is 0 Å². The Balaban J connectivity index is 2.11. The molecule has 4 unspecified atom stereocenters. The van der Waals surface area contributed by atoms with Crippen molar-refractivity contribution in [2.45, 2.75) is 0 Å². The van der Waals surface area contributed by atoms with E-state index in [4.69, 9.17) is 50.3 Å². The van der Waals surface area contributed by atoms with Gasteiger partial charge in [0, 0.05) is 0 Å². The Labute approximate surface area is 219 Å². The zero-order valence-corrected chi connectivity index (χ0v) is 27.6. The molecule has 6 bridgehead atoms. The van der Waals surface area contributed by atoms with Crippen LogP contribution in [0.4, 0.5) is 0 Å². The highest BCUT2D eigenvalue weighted by Gasteiger charge is 2.73. The first-order valence-electron chi connectivity index (χ1n) is 10.4. The van der Waals surface area contributed by atoms with E-state index in [1.54, 1.807) is 0 Å². The van der Waals surface area contributed by atoms with Crippen LogP contribution in [0.3, 0.4) is 0 Å². The van der Waals surface area contributed by atoms with E-state index < -0.39 is 71.4 Å². The molecule has 4 aliphatic rings. The number of rotatable bonds is 8. The molecule has 0 saturated carbocycles. The minimum atomic E-state index is -4.15. The smallest absolute Gasteiger partial charge is 0.390 e. The molecule has 4 atom stereocenters. The molecule has 0 radical (unpaired) electrons. The van der Waals surface area contributed by atoms with Crippen molar-refractivity contribution < 1.29 is 50.3 Å².